The number of terminal acetylenes is 1. The van der Waals surface area contributed by atoms with Crippen molar-refractivity contribution >= 4 is 17.0 Å². The Kier molecular flexibility index (Phi) is 2.87. The predicted molar refractivity (Wildman–Crippen MR) is 75.5 cm³/mol. The van der Waals surface area contributed by atoms with E-state index in [0.29, 0.717) is 17.0 Å². The van der Waals surface area contributed by atoms with E-state index >= 15 is 0 Å². The average molecular weight is 271 g/mol. The number of nitrogens with zero attached hydrogens (tertiary/aromatic N) is 4. The third-order valence-electron chi connectivity index (χ3n) is 4.16. The summed E-state index contributed by atoms with van der Waals surface area (Å²) in [6, 6.07) is 0. The maximum atomic E-state index is 6.14. The van der Waals surface area contributed by atoms with Crippen LogP contribution in [0.1, 0.15) is 32.9 Å². The molecule has 0 saturated carbocycles. The summed E-state index contributed by atoms with van der Waals surface area (Å²) in [6.45, 7) is 4.16. The molecule has 1 aliphatic heterocycles. The molecule has 104 valence electrons. The Morgan fingerprint density at radius 1 is 1.55 bits per heavy atom. The zero-order chi connectivity index (χ0) is 14.3. The van der Waals surface area contributed by atoms with E-state index in [1.54, 1.807) is 6.33 Å². The number of nitrogen functional groups attached to an aromatic ring is 1. The average Bonchev–Trinajstić information content (AvgIpc) is 3.01. The fourth-order valence-corrected chi connectivity index (χ4v) is 2.86. The molecule has 0 radical (unpaired) electrons. The summed E-state index contributed by atoms with van der Waals surface area (Å²) in [5.41, 5.74) is 6.56. The molecule has 6 nitrogen and oxygen atoms in total. The number of hydrogen-bond donors (Lipinski definition) is 1. The summed E-state index contributed by atoms with van der Waals surface area (Å²) in [4.78, 5) is 12.5. The molecule has 0 amide bonds. The number of hydrogen-bond acceptors (Lipinski definition) is 5. The van der Waals surface area contributed by atoms with Crippen LogP contribution in [0.4, 0.5) is 5.82 Å². The van der Waals surface area contributed by atoms with Crippen LogP contribution in [0.25, 0.3) is 11.2 Å². The summed E-state index contributed by atoms with van der Waals surface area (Å²) >= 11 is 0. The summed E-state index contributed by atoms with van der Waals surface area (Å²) < 4.78 is 8.03. The maximum absolute atomic E-state index is 6.14. The molecule has 0 spiro atoms. The van der Waals surface area contributed by atoms with E-state index in [1.807, 2.05) is 11.5 Å². The summed E-state index contributed by atoms with van der Waals surface area (Å²) in [6.07, 6.45) is 10.2. The van der Waals surface area contributed by atoms with E-state index in [0.717, 1.165) is 12.8 Å². The van der Waals surface area contributed by atoms with Gasteiger partial charge in [0.25, 0.3) is 0 Å². The van der Waals surface area contributed by atoms with Gasteiger partial charge < -0.3 is 10.5 Å². The molecule has 0 bridgehead atoms. The zero-order valence-electron chi connectivity index (χ0n) is 11.6. The quantitative estimate of drug-likeness (QED) is 0.842. The van der Waals surface area contributed by atoms with E-state index in [9.17, 15) is 0 Å². The number of fused-ring (bicyclic) bond motifs is 1. The highest BCUT2D eigenvalue weighted by Crippen LogP contribution is 2.43. The highest BCUT2D eigenvalue weighted by molar-refractivity contribution is 5.81. The molecule has 2 N–H and O–H groups in total. The van der Waals surface area contributed by atoms with Crippen molar-refractivity contribution in [3.8, 4) is 12.3 Å². The van der Waals surface area contributed by atoms with Crippen molar-refractivity contribution in [1.29, 1.82) is 0 Å². The standard InChI is InChI=1S/C14H17N5O/c1-4-14(5-2)9(3)6-10(20-14)19-8-18-11-12(15)16-7-17-13(11)19/h1,7-10H,5-6H2,2-3H3,(H2,15,16,17)/t9?,10-,14-/m1/s1. The van der Waals surface area contributed by atoms with Gasteiger partial charge in [0, 0.05) is 5.92 Å². The minimum absolute atomic E-state index is 0.166. The van der Waals surface area contributed by atoms with Crippen LogP contribution in [-0.4, -0.2) is 25.1 Å². The van der Waals surface area contributed by atoms with Crippen molar-refractivity contribution in [2.24, 2.45) is 5.92 Å². The van der Waals surface area contributed by atoms with Crippen molar-refractivity contribution in [1.82, 2.24) is 19.5 Å². The van der Waals surface area contributed by atoms with E-state index in [-0.39, 0.29) is 12.1 Å². The third kappa shape index (κ3) is 1.67. The molecule has 20 heavy (non-hydrogen) atoms. The van der Waals surface area contributed by atoms with Gasteiger partial charge in [0.2, 0.25) is 0 Å². The molecule has 6 heteroatoms. The second kappa shape index (κ2) is 4.46. The molecule has 0 aliphatic carbocycles. The first-order valence-corrected chi connectivity index (χ1v) is 6.70. The number of anilines is 1. The summed E-state index contributed by atoms with van der Waals surface area (Å²) in [5, 5.41) is 0. The molecule has 2 aromatic heterocycles. The number of imidazole rings is 1. The lowest BCUT2D eigenvalue weighted by Crippen LogP contribution is -2.31. The lowest BCUT2D eigenvalue weighted by molar-refractivity contribution is -0.0464. The minimum Gasteiger partial charge on any atom is -0.382 e. The highest BCUT2D eigenvalue weighted by Gasteiger charge is 2.44. The lowest BCUT2D eigenvalue weighted by Gasteiger charge is -2.25. The highest BCUT2D eigenvalue weighted by atomic mass is 16.5. The molecular weight excluding hydrogens is 254 g/mol. The fourth-order valence-electron chi connectivity index (χ4n) is 2.86. The van der Waals surface area contributed by atoms with Crippen LogP contribution < -0.4 is 5.73 Å². The Labute approximate surface area is 117 Å². The second-order valence-corrected chi connectivity index (χ2v) is 5.18. The molecule has 3 atom stereocenters. The predicted octanol–water partition coefficient (Wildman–Crippen LogP) is 1.75. The molecule has 1 aliphatic rings. The Bertz CT molecular complexity index is 688. The van der Waals surface area contributed by atoms with E-state index in [1.165, 1.54) is 6.33 Å². The molecular formula is C14H17N5O. The molecule has 1 unspecified atom stereocenters. The van der Waals surface area contributed by atoms with Gasteiger partial charge in [-0.25, -0.2) is 15.0 Å². The van der Waals surface area contributed by atoms with Crippen LogP contribution in [0, 0.1) is 18.3 Å². The van der Waals surface area contributed by atoms with Crippen LogP contribution in [0.3, 0.4) is 0 Å². The van der Waals surface area contributed by atoms with Gasteiger partial charge in [-0.3, -0.25) is 4.57 Å². The van der Waals surface area contributed by atoms with Gasteiger partial charge in [-0.2, -0.15) is 0 Å². The van der Waals surface area contributed by atoms with Gasteiger partial charge in [0.1, 0.15) is 23.7 Å². The third-order valence-corrected chi connectivity index (χ3v) is 4.16. The largest absolute Gasteiger partial charge is 0.382 e. The van der Waals surface area contributed by atoms with Gasteiger partial charge in [-0.15, -0.1) is 6.42 Å². The van der Waals surface area contributed by atoms with Gasteiger partial charge in [0.05, 0.1) is 6.33 Å². The van der Waals surface area contributed by atoms with Crippen molar-refractivity contribution in [3.05, 3.63) is 12.7 Å². The summed E-state index contributed by atoms with van der Waals surface area (Å²) in [5.74, 6) is 3.47. The molecule has 2 aromatic rings. The van der Waals surface area contributed by atoms with Crippen molar-refractivity contribution in [2.45, 2.75) is 38.5 Å². The molecule has 1 saturated heterocycles. The number of rotatable bonds is 2. The van der Waals surface area contributed by atoms with Crippen LogP contribution in [0.5, 0.6) is 0 Å². The SMILES string of the molecule is C#C[C@]1(CC)O[C@@H](n2cnc3c(N)ncnc32)CC1C. The van der Waals surface area contributed by atoms with Gasteiger partial charge >= 0.3 is 0 Å². The van der Waals surface area contributed by atoms with Crippen molar-refractivity contribution in [2.75, 3.05) is 5.73 Å². The van der Waals surface area contributed by atoms with Gasteiger partial charge in [-0.05, 0) is 12.8 Å². The second-order valence-electron chi connectivity index (χ2n) is 5.18. The van der Waals surface area contributed by atoms with Gasteiger partial charge in [0.15, 0.2) is 11.5 Å². The molecule has 3 heterocycles. The van der Waals surface area contributed by atoms with Gasteiger partial charge in [-0.1, -0.05) is 19.8 Å². The van der Waals surface area contributed by atoms with Crippen molar-refractivity contribution in [3.63, 3.8) is 0 Å². The van der Waals surface area contributed by atoms with Crippen LogP contribution in [0.2, 0.25) is 0 Å². The van der Waals surface area contributed by atoms with E-state index in [4.69, 9.17) is 16.9 Å². The smallest absolute Gasteiger partial charge is 0.167 e. The monoisotopic (exact) mass is 271 g/mol. The lowest BCUT2D eigenvalue weighted by atomic mass is 9.87. The molecule has 0 aromatic carbocycles. The molecule has 1 fully saturated rings. The summed E-state index contributed by atoms with van der Waals surface area (Å²) in [7, 11) is 0. The minimum atomic E-state index is -0.514. The Hall–Kier alpha value is -2.13. The Morgan fingerprint density at radius 2 is 2.35 bits per heavy atom. The fraction of sp³-hybridized carbons (Fsp3) is 0.500. The number of ether oxygens (including phenoxy) is 1. The first kappa shape index (κ1) is 12.9. The number of nitrogens with two attached hydrogens (primary N) is 1. The Morgan fingerprint density at radius 3 is 3.00 bits per heavy atom. The number of aromatic nitrogens is 4. The van der Waals surface area contributed by atoms with E-state index < -0.39 is 5.60 Å². The van der Waals surface area contributed by atoms with Crippen LogP contribution in [-0.2, 0) is 4.74 Å². The van der Waals surface area contributed by atoms with E-state index in [2.05, 4.69) is 27.8 Å². The first-order valence-electron chi connectivity index (χ1n) is 6.70. The normalized spacial score (nSPS) is 29.6. The Balaban J connectivity index is 2.02. The maximum Gasteiger partial charge on any atom is 0.167 e. The first-order chi connectivity index (χ1) is 9.61. The molecule has 3 rings (SSSR count). The van der Waals surface area contributed by atoms with Crippen LogP contribution >= 0.6 is 0 Å². The van der Waals surface area contributed by atoms with Crippen LogP contribution in [0.15, 0.2) is 12.7 Å². The van der Waals surface area contributed by atoms with Crippen molar-refractivity contribution < 1.29 is 4.74 Å². The zero-order valence-corrected chi connectivity index (χ0v) is 11.6. The topological polar surface area (TPSA) is 78.9 Å².